The lowest BCUT2D eigenvalue weighted by atomic mass is 10.1. The molecule has 1 aromatic rings. The van der Waals surface area contributed by atoms with Crippen LogP contribution in [0, 0.1) is 0 Å². The van der Waals surface area contributed by atoms with Gasteiger partial charge in [0.25, 0.3) is 6.47 Å². The average Bonchev–Trinajstić information content (AvgIpc) is 3.69. The highest BCUT2D eigenvalue weighted by atomic mass is 35.5. The molecule has 3 rings (SSSR count). The molecule has 2 aliphatic rings. The van der Waals surface area contributed by atoms with E-state index in [0.29, 0.717) is 24.0 Å². The zero-order chi connectivity index (χ0) is 28.7. The molecule has 1 aliphatic heterocycles. The molecule has 0 unspecified atom stereocenters. The summed E-state index contributed by atoms with van der Waals surface area (Å²) < 4.78 is 49.1. The predicted octanol–water partition coefficient (Wildman–Crippen LogP) is 4.16. The van der Waals surface area contributed by atoms with Crippen molar-refractivity contribution in [2.75, 3.05) is 34.1 Å². The van der Waals surface area contributed by atoms with Crippen LogP contribution in [0.1, 0.15) is 48.8 Å². The second-order valence-corrected chi connectivity index (χ2v) is 8.65. The first kappa shape index (κ1) is 33.0. The second kappa shape index (κ2) is 16.7. The van der Waals surface area contributed by atoms with Crippen molar-refractivity contribution in [2.24, 2.45) is 4.99 Å². The number of carboxylic acid groups (broad SMARTS) is 1. The van der Waals surface area contributed by atoms with Crippen LogP contribution in [0.4, 0.5) is 18.0 Å². The van der Waals surface area contributed by atoms with Gasteiger partial charge >= 0.3 is 12.2 Å². The first-order valence-corrected chi connectivity index (χ1v) is 11.9. The van der Waals surface area contributed by atoms with Gasteiger partial charge in [0.15, 0.2) is 6.29 Å². The zero-order valence-electron chi connectivity index (χ0n) is 21.1. The fraction of sp³-hybridized carbons (Fsp3) is 0.542. The van der Waals surface area contributed by atoms with Crippen LogP contribution in [0.3, 0.4) is 0 Å². The van der Waals surface area contributed by atoms with Crippen LogP contribution in [-0.4, -0.2) is 79.4 Å². The molecule has 1 saturated carbocycles. The summed E-state index contributed by atoms with van der Waals surface area (Å²) in [5.41, 5.74) is -0.168. The molecule has 3 amide bonds. The Morgan fingerprint density at radius 2 is 1.71 bits per heavy atom. The third kappa shape index (κ3) is 12.0. The van der Waals surface area contributed by atoms with Gasteiger partial charge in [0.2, 0.25) is 5.91 Å². The number of urea groups is 1. The maximum Gasteiger partial charge on any atom is 0.417 e. The molecular formula is C24H31ClF3N3O7. The number of ether oxygens (including phenoxy) is 2. The van der Waals surface area contributed by atoms with Gasteiger partial charge in [0.05, 0.1) is 29.5 Å². The molecule has 1 N–H and O–H groups in total. The fourth-order valence-corrected chi connectivity index (χ4v) is 3.25. The highest BCUT2D eigenvalue weighted by Crippen LogP contribution is 2.38. The monoisotopic (exact) mass is 565 g/mol. The van der Waals surface area contributed by atoms with E-state index in [1.165, 1.54) is 44.4 Å². The number of carbonyl (C=O) groups is 4. The van der Waals surface area contributed by atoms with Gasteiger partial charge in [-0.25, -0.2) is 4.79 Å². The third-order valence-corrected chi connectivity index (χ3v) is 5.35. The Morgan fingerprint density at radius 1 is 1.13 bits per heavy atom. The van der Waals surface area contributed by atoms with Crippen LogP contribution in [0.25, 0.3) is 0 Å². The molecule has 0 bridgehead atoms. The van der Waals surface area contributed by atoms with Crippen molar-refractivity contribution in [2.45, 2.75) is 51.4 Å². The molecule has 1 aliphatic carbocycles. The number of hydrogen-bond acceptors (Lipinski definition) is 6. The lowest BCUT2D eigenvalue weighted by molar-refractivity contribution is -0.137. The average molecular weight is 566 g/mol. The Hall–Kier alpha value is -3.03. The summed E-state index contributed by atoms with van der Waals surface area (Å²) in [6.45, 7) is 0.450. The number of alkyl halides is 3. The number of aldehydes is 1. The van der Waals surface area contributed by atoms with Crippen molar-refractivity contribution in [3.05, 3.63) is 33.8 Å². The highest BCUT2D eigenvalue weighted by Gasteiger charge is 2.35. The third-order valence-electron chi connectivity index (χ3n) is 5.04. The van der Waals surface area contributed by atoms with E-state index in [-0.39, 0.29) is 57.4 Å². The molecule has 0 atom stereocenters. The smallest absolute Gasteiger partial charge is 0.417 e. The van der Waals surface area contributed by atoms with Crippen molar-refractivity contribution >= 4 is 42.0 Å². The van der Waals surface area contributed by atoms with Crippen LogP contribution in [0.5, 0.6) is 0 Å². The van der Waals surface area contributed by atoms with Gasteiger partial charge in [0.1, 0.15) is 6.73 Å². The van der Waals surface area contributed by atoms with Gasteiger partial charge in [0, 0.05) is 40.1 Å². The minimum absolute atomic E-state index is 0.00244. The lowest BCUT2D eigenvalue weighted by Gasteiger charge is -2.16. The maximum atomic E-state index is 13.0. The molecule has 38 heavy (non-hydrogen) atoms. The zero-order valence-corrected chi connectivity index (χ0v) is 21.9. The minimum atomic E-state index is -4.59. The quantitative estimate of drug-likeness (QED) is 0.206. The fourth-order valence-electron chi connectivity index (χ4n) is 2.96. The van der Waals surface area contributed by atoms with E-state index in [1.54, 1.807) is 0 Å². The molecule has 0 saturated heterocycles. The van der Waals surface area contributed by atoms with E-state index in [0.717, 1.165) is 11.0 Å². The topological polar surface area (TPSA) is 126 Å². The Kier molecular flexibility index (Phi) is 14.5. The van der Waals surface area contributed by atoms with Crippen LogP contribution in [0.2, 0.25) is 5.02 Å². The molecule has 0 radical (unpaired) electrons. The Morgan fingerprint density at radius 3 is 2.21 bits per heavy atom. The van der Waals surface area contributed by atoms with E-state index in [4.69, 9.17) is 31.0 Å². The lowest BCUT2D eigenvalue weighted by Crippen LogP contribution is -2.29. The first-order valence-electron chi connectivity index (χ1n) is 11.6. The van der Waals surface area contributed by atoms with Crippen molar-refractivity contribution in [1.82, 2.24) is 9.80 Å². The van der Waals surface area contributed by atoms with E-state index >= 15 is 0 Å². The molecule has 1 heterocycles. The van der Waals surface area contributed by atoms with E-state index < -0.39 is 22.8 Å². The molecule has 0 aromatic heterocycles. The molecule has 1 fully saturated rings. The van der Waals surface area contributed by atoms with Gasteiger partial charge in [-0.2, -0.15) is 18.2 Å². The molecular weight excluding hydrogens is 535 g/mol. The highest BCUT2D eigenvalue weighted by molar-refractivity contribution is 6.31. The van der Waals surface area contributed by atoms with Crippen molar-refractivity contribution in [3.8, 4) is 0 Å². The largest absolute Gasteiger partial charge is 0.483 e. The molecule has 1 aromatic carbocycles. The summed E-state index contributed by atoms with van der Waals surface area (Å²) in [4.78, 5) is 50.4. The molecule has 0 spiro atoms. The van der Waals surface area contributed by atoms with E-state index in [1.807, 2.05) is 0 Å². The van der Waals surface area contributed by atoms with Gasteiger partial charge in [-0.1, -0.05) is 30.9 Å². The number of nitrogens with zero attached hydrogens (tertiary/aromatic N) is 3. The molecule has 10 nitrogen and oxygen atoms in total. The number of fused-ring (bicyclic) bond motifs is 1. The van der Waals surface area contributed by atoms with Crippen LogP contribution in [-0.2, 0) is 43.1 Å². The number of carbonyl (C=O) groups excluding carboxylic acids is 3. The SMILES string of the molecule is C1CC1.COCCOCN(C)C(=O)/N=C(\C=O)CCC(=O)N1Cc2cc(Cl)c(C(F)(F)F)cc2C1.O=CO. The van der Waals surface area contributed by atoms with Crippen molar-refractivity contribution in [3.63, 3.8) is 0 Å². The minimum Gasteiger partial charge on any atom is -0.483 e. The van der Waals surface area contributed by atoms with Gasteiger partial charge in [-0.15, -0.1) is 0 Å². The summed E-state index contributed by atoms with van der Waals surface area (Å²) in [5, 5.41) is 6.47. The molecule has 212 valence electrons. The number of hydrogen-bond donors (Lipinski definition) is 1. The van der Waals surface area contributed by atoms with Gasteiger partial charge < -0.3 is 24.4 Å². The summed E-state index contributed by atoms with van der Waals surface area (Å²) in [6, 6.07) is 1.46. The van der Waals surface area contributed by atoms with E-state index in [2.05, 4.69) is 4.99 Å². The first-order chi connectivity index (χ1) is 18.0. The van der Waals surface area contributed by atoms with Crippen molar-refractivity contribution in [1.29, 1.82) is 0 Å². The normalized spacial score (nSPS) is 13.8. The summed E-state index contributed by atoms with van der Waals surface area (Å²) in [6.07, 6.45) is 0.0763. The Bertz CT molecular complexity index is 985. The Labute approximate surface area is 223 Å². The number of amides is 3. The molecule has 14 heteroatoms. The number of benzene rings is 1. The van der Waals surface area contributed by atoms with Crippen LogP contribution >= 0.6 is 11.6 Å². The standard InChI is InChI=1S/C20H23ClF3N3O5.C3H6.CH2O2/c1-26(12-32-6-5-31-2)19(30)25-15(11-28)3-4-18(29)27-9-13-7-16(20(22,23)24)17(21)8-14(13)10-27;1-2-3-1;2-1-3/h7-8,11H,3-6,9-10,12H2,1-2H3;1-3H2;1H,(H,2,3)/b25-15-;;. The van der Waals surface area contributed by atoms with Crippen LogP contribution < -0.4 is 0 Å². The Balaban J connectivity index is 0.00000107. The van der Waals surface area contributed by atoms with Crippen LogP contribution in [0.15, 0.2) is 17.1 Å². The predicted molar refractivity (Wildman–Crippen MR) is 132 cm³/mol. The summed E-state index contributed by atoms with van der Waals surface area (Å²) in [5.74, 6) is -0.385. The van der Waals surface area contributed by atoms with Crippen molar-refractivity contribution < 1.29 is 46.9 Å². The van der Waals surface area contributed by atoms with Gasteiger partial charge in [-0.05, 0) is 23.3 Å². The summed E-state index contributed by atoms with van der Waals surface area (Å²) >= 11 is 5.73. The maximum absolute atomic E-state index is 13.0. The number of rotatable bonds is 9. The van der Waals surface area contributed by atoms with Gasteiger partial charge in [-0.3, -0.25) is 14.4 Å². The number of aliphatic imine (C=N–C) groups is 1. The summed E-state index contributed by atoms with van der Waals surface area (Å²) in [7, 11) is 2.95. The number of halogens is 4. The van der Waals surface area contributed by atoms with E-state index in [9.17, 15) is 27.6 Å². The number of methoxy groups -OCH3 is 1. The second-order valence-electron chi connectivity index (χ2n) is 8.25.